The summed E-state index contributed by atoms with van der Waals surface area (Å²) >= 11 is 0. The molecule has 1 saturated heterocycles. The minimum absolute atomic E-state index is 0.0420. The second-order valence-corrected chi connectivity index (χ2v) is 5.64. The van der Waals surface area contributed by atoms with Gasteiger partial charge >= 0.3 is 0 Å². The Labute approximate surface area is 129 Å². The van der Waals surface area contributed by atoms with Crippen molar-refractivity contribution in [2.75, 3.05) is 11.4 Å². The standard InChI is InChI=1S/C18H18N2O2/c19-18(22)15-11-17(21)20(12-15)16-8-6-14(7-9-16)10-13-4-2-1-3-5-13/h1-9,15H,10-12H2,(H2,19,22). The van der Waals surface area contributed by atoms with Crippen LogP contribution in [0.3, 0.4) is 0 Å². The Morgan fingerprint density at radius 2 is 1.68 bits per heavy atom. The molecule has 3 rings (SSSR count). The van der Waals surface area contributed by atoms with Crippen LogP contribution in [0.15, 0.2) is 54.6 Å². The number of nitrogens with two attached hydrogens (primary N) is 1. The van der Waals surface area contributed by atoms with E-state index in [1.165, 1.54) is 11.1 Å². The lowest BCUT2D eigenvalue weighted by atomic mass is 10.0. The molecule has 4 heteroatoms. The van der Waals surface area contributed by atoms with Crippen LogP contribution in [0.2, 0.25) is 0 Å². The number of amides is 2. The van der Waals surface area contributed by atoms with Gasteiger partial charge in [-0.05, 0) is 29.7 Å². The molecule has 1 fully saturated rings. The molecule has 2 N–H and O–H groups in total. The van der Waals surface area contributed by atoms with Crippen LogP contribution in [-0.2, 0) is 16.0 Å². The molecule has 0 radical (unpaired) electrons. The van der Waals surface area contributed by atoms with E-state index < -0.39 is 5.91 Å². The highest BCUT2D eigenvalue weighted by Gasteiger charge is 2.33. The van der Waals surface area contributed by atoms with E-state index in [4.69, 9.17) is 5.73 Å². The van der Waals surface area contributed by atoms with Crippen molar-refractivity contribution < 1.29 is 9.59 Å². The van der Waals surface area contributed by atoms with E-state index in [1.807, 2.05) is 42.5 Å². The summed E-state index contributed by atoms with van der Waals surface area (Å²) in [6, 6.07) is 18.1. The SMILES string of the molecule is NC(=O)C1CC(=O)N(c2ccc(Cc3ccccc3)cc2)C1. The highest BCUT2D eigenvalue weighted by atomic mass is 16.2. The molecule has 1 unspecified atom stereocenters. The molecular weight excluding hydrogens is 276 g/mol. The van der Waals surface area contributed by atoms with Crippen molar-refractivity contribution in [3.05, 3.63) is 65.7 Å². The minimum Gasteiger partial charge on any atom is -0.369 e. The minimum atomic E-state index is -0.406. The van der Waals surface area contributed by atoms with Gasteiger partial charge in [-0.2, -0.15) is 0 Å². The van der Waals surface area contributed by atoms with Crippen LogP contribution in [-0.4, -0.2) is 18.4 Å². The van der Waals surface area contributed by atoms with Crippen molar-refractivity contribution >= 4 is 17.5 Å². The monoisotopic (exact) mass is 294 g/mol. The molecule has 1 heterocycles. The zero-order valence-corrected chi connectivity index (χ0v) is 12.2. The molecule has 0 spiro atoms. The van der Waals surface area contributed by atoms with Gasteiger partial charge in [-0.1, -0.05) is 42.5 Å². The predicted octanol–water partition coefficient (Wildman–Crippen LogP) is 2.12. The van der Waals surface area contributed by atoms with Gasteiger partial charge in [0.25, 0.3) is 0 Å². The molecule has 0 saturated carbocycles. The molecule has 2 aromatic carbocycles. The van der Waals surface area contributed by atoms with Crippen LogP contribution in [0, 0.1) is 5.92 Å². The summed E-state index contributed by atoms with van der Waals surface area (Å²) in [5.74, 6) is -0.826. The van der Waals surface area contributed by atoms with E-state index in [0.29, 0.717) is 6.54 Å². The van der Waals surface area contributed by atoms with Gasteiger partial charge in [0.15, 0.2) is 0 Å². The Morgan fingerprint density at radius 3 is 2.27 bits per heavy atom. The summed E-state index contributed by atoms with van der Waals surface area (Å²) in [5.41, 5.74) is 8.56. The predicted molar refractivity (Wildman–Crippen MR) is 85.3 cm³/mol. The maximum absolute atomic E-state index is 12.0. The Bertz CT molecular complexity index is 680. The average molecular weight is 294 g/mol. The van der Waals surface area contributed by atoms with Crippen LogP contribution in [0.5, 0.6) is 0 Å². The van der Waals surface area contributed by atoms with Crippen LogP contribution in [0.4, 0.5) is 5.69 Å². The van der Waals surface area contributed by atoms with Gasteiger partial charge in [-0.15, -0.1) is 0 Å². The summed E-state index contributed by atoms with van der Waals surface area (Å²) < 4.78 is 0. The van der Waals surface area contributed by atoms with E-state index >= 15 is 0 Å². The number of carbonyl (C=O) groups excluding carboxylic acids is 2. The molecule has 22 heavy (non-hydrogen) atoms. The number of benzene rings is 2. The summed E-state index contributed by atoms with van der Waals surface area (Å²) in [6.45, 7) is 0.381. The second kappa shape index (κ2) is 6.02. The third kappa shape index (κ3) is 3.01. The van der Waals surface area contributed by atoms with Gasteiger partial charge in [0, 0.05) is 18.7 Å². The normalized spacial score (nSPS) is 17.7. The third-order valence-corrected chi connectivity index (χ3v) is 4.03. The van der Waals surface area contributed by atoms with E-state index in [1.54, 1.807) is 4.90 Å². The number of carbonyl (C=O) groups is 2. The number of anilines is 1. The summed E-state index contributed by atoms with van der Waals surface area (Å²) in [6.07, 6.45) is 1.07. The molecule has 1 aliphatic rings. The van der Waals surface area contributed by atoms with Crippen molar-refractivity contribution in [3.63, 3.8) is 0 Å². The lowest BCUT2D eigenvalue weighted by molar-refractivity contribution is -0.123. The van der Waals surface area contributed by atoms with Crippen LogP contribution >= 0.6 is 0 Å². The first kappa shape index (κ1) is 14.3. The van der Waals surface area contributed by atoms with E-state index in [-0.39, 0.29) is 18.2 Å². The quantitative estimate of drug-likeness (QED) is 0.938. The number of hydrogen-bond acceptors (Lipinski definition) is 2. The number of nitrogens with zero attached hydrogens (tertiary/aromatic N) is 1. The largest absolute Gasteiger partial charge is 0.369 e. The fourth-order valence-corrected chi connectivity index (χ4v) is 2.77. The highest BCUT2D eigenvalue weighted by molar-refractivity contribution is 6.00. The molecule has 2 aromatic rings. The molecular formula is C18H18N2O2. The Balaban J connectivity index is 1.72. The number of rotatable bonds is 4. The Hall–Kier alpha value is -2.62. The Kier molecular flexibility index (Phi) is 3.92. The molecule has 112 valence electrons. The summed E-state index contributed by atoms with van der Waals surface area (Å²) in [7, 11) is 0. The number of primary amides is 1. The van der Waals surface area contributed by atoms with Gasteiger partial charge in [-0.25, -0.2) is 0 Å². The van der Waals surface area contributed by atoms with Crippen LogP contribution in [0.25, 0.3) is 0 Å². The average Bonchev–Trinajstić information content (AvgIpc) is 2.91. The molecule has 0 bridgehead atoms. The molecule has 1 atom stereocenters. The maximum atomic E-state index is 12.0. The molecule has 0 aromatic heterocycles. The zero-order chi connectivity index (χ0) is 15.5. The van der Waals surface area contributed by atoms with E-state index in [0.717, 1.165) is 12.1 Å². The van der Waals surface area contributed by atoms with Crippen LogP contribution < -0.4 is 10.6 Å². The van der Waals surface area contributed by atoms with Crippen molar-refractivity contribution in [2.45, 2.75) is 12.8 Å². The summed E-state index contributed by atoms with van der Waals surface area (Å²) in [4.78, 5) is 24.8. The van der Waals surface area contributed by atoms with Crippen molar-refractivity contribution in [1.82, 2.24) is 0 Å². The molecule has 0 aliphatic carbocycles. The lowest BCUT2D eigenvalue weighted by Crippen LogP contribution is -2.28. The Morgan fingerprint density at radius 1 is 1.05 bits per heavy atom. The fourth-order valence-electron chi connectivity index (χ4n) is 2.77. The zero-order valence-electron chi connectivity index (χ0n) is 12.2. The van der Waals surface area contributed by atoms with Crippen molar-refractivity contribution in [1.29, 1.82) is 0 Å². The van der Waals surface area contributed by atoms with E-state index in [2.05, 4.69) is 12.1 Å². The van der Waals surface area contributed by atoms with Crippen LogP contribution in [0.1, 0.15) is 17.5 Å². The topological polar surface area (TPSA) is 63.4 Å². The van der Waals surface area contributed by atoms with Gasteiger partial charge in [0.2, 0.25) is 11.8 Å². The highest BCUT2D eigenvalue weighted by Crippen LogP contribution is 2.25. The van der Waals surface area contributed by atoms with Crippen molar-refractivity contribution in [3.8, 4) is 0 Å². The molecule has 2 amide bonds. The van der Waals surface area contributed by atoms with Gasteiger partial charge in [-0.3, -0.25) is 9.59 Å². The first-order valence-corrected chi connectivity index (χ1v) is 7.36. The molecule has 1 aliphatic heterocycles. The van der Waals surface area contributed by atoms with E-state index in [9.17, 15) is 9.59 Å². The second-order valence-electron chi connectivity index (χ2n) is 5.64. The first-order chi connectivity index (χ1) is 10.6. The fraction of sp³-hybridized carbons (Fsp3) is 0.222. The summed E-state index contributed by atoms with van der Waals surface area (Å²) in [5, 5.41) is 0. The smallest absolute Gasteiger partial charge is 0.227 e. The first-order valence-electron chi connectivity index (χ1n) is 7.36. The lowest BCUT2D eigenvalue weighted by Gasteiger charge is -2.16. The maximum Gasteiger partial charge on any atom is 0.227 e. The van der Waals surface area contributed by atoms with Gasteiger partial charge in [0.05, 0.1) is 5.92 Å². The van der Waals surface area contributed by atoms with Gasteiger partial charge in [0.1, 0.15) is 0 Å². The van der Waals surface area contributed by atoms with Crippen molar-refractivity contribution in [2.24, 2.45) is 11.7 Å². The molecule has 4 nitrogen and oxygen atoms in total. The third-order valence-electron chi connectivity index (χ3n) is 4.03. The number of hydrogen-bond donors (Lipinski definition) is 1. The van der Waals surface area contributed by atoms with Gasteiger partial charge < -0.3 is 10.6 Å².